The van der Waals surface area contributed by atoms with Crippen LogP contribution in [0.1, 0.15) is 13.3 Å². The number of quaternary nitrogens is 1. The molecule has 0 aliphatic heterocycles. The van der Waals surface area contributed by atoms with Gasteiger partial charge in [-0.05, 0) is 18.9 Å². The molecule has 2 heteroatoms. The van der Waals surface area contributed by atoms with Gasteiger partial charge in [0.05, 0.1) is 33.8 Å². The Bertz CT molecular complexity index is 191. The fourth-order valence-electron chi connectivity index (χ4n) is 1.85. The Labute approximate surface area is 75.1 Å². The van der Waals surface area contributed by atoms with E-state index in [2.05, 4.69) is 27.2 Å². The van der Waals surface area contributed by atoms with Gasteiger partial charge in [-0.3, -0.25) is 0 Å². The molecule has 1 rings (SSSR count). The molecule has 0 aromatic rings. The van der Waals surface area contributed by atoms with E-state index in [4.69, 9.17) is 0 Å². The zero-order valence-electron chi connectivity index (χ0n) is 8.54. The third-order valence-electron chi connectivity index (χ3n) is 2.33. The SMILES string of the molecule is CC1=C[C@@H](C[N+](C)(C)C)C[C@H]1O. The van der Waals surface area contributed by atoms with Crippen LogP contribution < -0.4 is 0 Å². The van der Waals surface area contributed by atoms with E-state index in [0.717, 1.165) is 23.0 Å². The van der Waals surface area contributed by atoms with E-state index in [1.54, 1.807) is 0 Å². The van der Waals surface area contributed by atoms with Crippen molar-refractivity contribution in [3.8, 4) is 0 Å². The maximum Gasteiger partial charge on any atom is 0.0845 e. The van der Waals surface area contributed by atoms with Crippen molar-refractivity contribution in [2.75, 3.05) is 27.7 Å². The molecule has 0 saturated heterocycles. The van der Waals surface area contributed by atoms with Crippen LogP contribution in [-0.2, 0) is 0 Å². The Balaban J connectivity index is 2.48. The lowest BCUT2D eigenvalue weighted by molar-refractivity contribution is -0.873. The summed E-state index contributed by atoms with van der Waals surface area (Å²) >= 11 is 0. The van der Waals surface area contributed by atoms with Gasteiger partial charge in [0, 0.05) is 5.92 Å². The first-order valence-electron chi connectivity index (χ1n) is 4.55. The molecule has 70 valence electrons. The Hall–Kier alpha value is -0.340. The average molecular weight is 170 g/mol. The van der Waals surface area contributed by atoms with E-state index in [-0.39, 0.29) is 6.10 Å². The fraction of sp³-hybridized carbons (Fsp3) is 0.800. The van der Waals surface area contributed by atoms with Crippen LogP contribution in [0.25, 0.3) is 0 Å². The normalized spacial score (nSPS) is 30.6. The molecule has 2 nitrogen and oxygen atoms in total. The van der Waals surface area contributed by atoms with Crippen LogP contribution >= 0.6 is 0 Å². The lowest BCUT2D eigenvalue weighted by Crippen LogP contribution is -2.38. The van der Waals surface area contributed by atoms with Crippen molar-refractivity contribution in [1.82, 2.24) is 0 Å². The van der Waals surface area contributed by atoms with Crippen molar-refractivity contribution in [1.29, 1.82) is 0 Å². The molecule has 0 heterocycles. The van der Waals surface area contributed by atoms with Crippen LogP contribution in [0.3, 0.4) is 0 Å². The van der Waals surface area contributed by atoms with Crippen molar-refractivity contribution < 1.29 is 9.59 Å². The highest BCUT2D eigenvalue weighted by Gasteiger charge is 2.25. The number of aliphatic hydroxyl groups is 1. The second-order valence-corrected chi connectivity index (χ2v) is 4.90. The van der Waals surface area contributed by atoms with Gasteiger partial charge in [-0.25, -0.2) is 0 Å². The minimum absolute atomic E-state index is 0.179. The van der Waals surface area contributed by atoms with Crippen molar-refractivity contribution in [3.63, 3.8) is 0 Å². The number of hydrogen-bond acceptors (Lipinski definition) is 1. The number of hydrogen-bond donors (Lipinski definition) is 1. The van der Waals surface area contributed by atoms with E-state index in [9.17, 15) is 5.11 Å². The molecule has 1 aliphatic rings. The second kappa shape index (κ2) is 3.19. The molecule has 1 N–H and O–H groups in total. The minimum atomic E-state index is -0.179. The fourth-order valence-corrected chi connectivity index (χ4v) is 1.85. The first kappa shape index (κ1) is 9.75. The molecule has 0 unspecified atom stereocenters. The summed E-state index contributed by atoms with van der Waals surface area (Å²) in [6, 6.07) is 0. The summed E-state index contributed by atoms with van der Waals surface area (Å²) in [6.45, 7) is 3.13. The largest absolute Gasteiger partial charge is 0.389 e. The summed E-state index contributed by atoms with van der Waals surface area (Å²) < 4.78 is 0.973. The summed E-state index contributed by atoms with van der Waals surface area (Å²) in [6.07, 6.45) is 2.96. The lowest BCUT2D eigenvalue weighted by atomic mass is 10.1. The predicted octanol–water partition coefficient (Wildman–Crippen LogP) is 1.02. The molecule has 0 spiro atoms. The standard InChI is InChI=1S/C10H20NO/c1-8-5-9(6-10(8)12)7-11(2,3)4/h5,9-10,12H,6-7H2,1-4H3/q+1/t9-,10-/m1/s1. The number of rotatable bonds is 2. The van der Waals surface area contributed by atoms with E-state index in [1.165, 1.54) is 0 Å². The van der Waals surface area contributed by atoms with Crippen LogP contribution in [0.15, 0.2) is 11.6 Å². The first-order valence-corrected chi connectivity index (χ1v) is 4.55. The van der Waals surface area contributed by atoms with Crippen molar-refractivity contribution in [2.24, 2.45) is 5.92 Å². The molecule has 0 bridgehead atoms. The summed E-state index contributed by atoms with van der Waals surface area (Å²) in [5.74, 6) is 0.569. The lowest BCUT2D eigenvalue weighted by Gasteiger charge is -2.26. The molecular weight excluding hydrogens is 150 g/mol. The summed E-state index contributed by atoms with van der Waals surface area (Å²) in [4.78, 5) is 0. The molecule has 0 aromatic heterocycles. The van der Waals surface area contributed by atoms with E-state index < -0.39 is 0 Å². The Morgan fingerprint density at radius 1 is 1.50 bits per heavy atom. The van der Waals surface area contributed by atoms with Gasteiger partial charge in [0.15, 0.2) is 0 Å². The van der Waals surface area contributed by atoms with Gasteiger partial charge in [0.2, 0.25) is 0 Å². The Morgan fingerprint density at radius 3 is 2.42 bits per heavy atom. The van der Waals surface area contributed by atoms with E-state index in [0.29, 0.717) is 5.92 Å². The van der Waals surface area contributed by atoms with Crippen LogP contribution in [0, 0.1) is 5.92 Å². The summed E-state index contributed by atoms with van der Waals surface area (Å²) in [7, 11) is 6.57. The zero-order valence-corrected chi connectivity index (χ0v) is 8.54. The molecule has 12 heavy (non-hydrogen) atoms. The monoisotopic (exact) mass is 170 g/mol. The maximum absolute atomic E-state index is 9.49. The molecule has 0 aromatic carbocycles. The van der Waals surface area contributed by atoms with Gasteiger partial charge in [0.1, 0.15) is 0 Å². The molecule has 2 atom stereocenters. The highest BCUT2D eigenvalue weighted by atomic mass is 16.3. The van der Waals surface area contributed by atoms with Crippen molar-refractivity contribution in [3.05, 3.63) is 11.6 Å². The van der Waals surface area contributed by atoms with Gasteiger partial charge in [-0.15, -0.1) is 0 Å². The number of nitrogens with zero attached hydrogens (tertiary/aromatic N) is 1. The molecule has 0 saturated carbocycles. The third kappa shape index (κ3) is 2.61. The first-order chi connectivity index (χ1) is 5.38. The Morgan fingerprint density at radius 2 is 2.08 bits per heavy atom. The molecule has 0 radical (unpaired) electrons. The number of aliphatic hydroxyl groups excluding tert-OH is 1. The van der Waals surface area contributed by atoms with Crippen LogP contribution in [-0.4, -0.2) is 43.4 Å². The quantitative estimate of drug-likeness (QED) is 0.484. The summed E-state index contributed by atoms with van der Waals surface area (Å²) in [5.41, 5.74) is 1.15. The molecular formula is C10H20NO+. The zero-order chi connectivity index (χ0) is 9.35. The smallest absolute Gasteiger partial charge is 0.0845 e. The van der Waals surface area contributed by atoms with E-state index >= 15 is 0 Å². The van der Waals surface area contributed by atoms with Gasteiger partial charge >= 0.3 is 0 Å². The van der Waals surface area contributed by atoms with Crippen LogP contribution in [0.5, 0.6) is 0 Å². The van der Waals surface area contributed by atoms with Gasteiger partial charge in [-0.1, -0.05) is 6.08 Å². The highest BCUT2D eigenvalue weighted by Crippen LogP contribution is 2.25. The topological polar surface area (TPSA) is 20.2 Å². The van der Waals surface area contributed by atoms with Gasteiger partial charge in [0.25, 0.3) is 0 Å². The average Bonchev–Trinajstić information content (AvgIpc) is 2.07. The minimum Gasteiger partial charge on any atom is -0.389 e. The second-order valence-electron chi connectivity index (χ2n) is 4.90. The van der Waals surface area contributed by atoms with Crippen LogP contribution in [0.4, 0.5) is 0 Å². The van der Waals surface area contributed by atoms with Crippen molar-refractivity contribution in [2.45, 2.75) is 19.4 Å². The predicted molar refractivity (Wildman–Crippen MR) is 50.8 cm³/mol. The summed E-state index contributed by atoms with van der Waals surface area (Å²) in [5, 5.41) is 9.49. The van der Waals surface area contributed by atoms with Crippen LogP contribution in [0.2, 0.25) is 0 Å². The van der Waals surface area contributed by atoms with E-state index in [1.807, 2.05) is 6.92 Å². The van der Waals surface area contributed by atoms with Gasteiger partial charge < -0.3 is 9.59 Å². The third-order valence-corrected chi connectivity index (χ3v) is 2.33. The maximum atomic E-state index is 9.49. The Kier molecular flexibility index (Phi) is 2.59. The van der Waals surface area contributed by atoms with Gasteiger partial charge in [-0.2, -0.15) is 0 Å². The highest BCUT2D eigenvalue weighted by molar-refractivity contribution is 5.14. The molecule has 0 fully saturated rings. The molecule has 0 amide bonds. The molecule has 1 aliphatic carbocycles. The van der Waals surface area contributed by atoms with Crippen molar-refractivity contribution >= 4 is 0 Å².